The number of ether oxygens (including phenoxy) is 2. The molecule has 0 aliphatic carbocycles. The third-order valence-corrected chi connectivity index (χ3v) is 16.0. The first-order valence-corrected chi connectivity index (χ1v) is 25.4. The minimum Gasteiger partial charge on any atom is -0.457 e. The summed E-state index contributed by atoms with van der Waals surface area (Å²) in [5, 5.41) is 0. The van der Waals surface area contributed by atoms with Crippen molar-refractivity contribution in [3.63, 3.8) is 0 Å². The molecular weight excluding hydrogens is 877 g/mol. The van der Waals surface area contributed by atoms with Gasteiger partial charge in [0.25, 0.3) is 10.1 Å². The summed E-state index contributed by atoms with van der Waals surface area (Å²) in [6, 6.07) is 46.8. The van der Waals surface area contributed by atoms with Crippen molar-refractivity contribution >= 4 is 29.8 Å². The lowest BCUT2D eigenvalue weighted by Gasteiger charge is -2.26. The minimum absolute atomic E-state index is 0.0593. The van der Waals surface area contributed by atoms with Crippen molar-refractivity contribution in [1.29, 1.82) is 0 Å². The maximum absolute atomic E-state index is 13.6. The van der Waals surface area contributed by atoms with Crippen LogP contribution in [0.2, 0.25) is 0 Å². The average molecular weight is 929 g/mol. The molecule has 9 nitrogen and oxygen atoms in total. The molecule has 0 fully saturated rings. The van der Waals surface area contributed by atoms with Crippen LogP contribution in [0, 0.1) is 19.3 Å². The van der Waals surface area contributed by atoms with Crippen LogP contribution >= 0.6 is 0 Å². The maximum atomic E-state index is 13.6. The Bertz CT molecular complexity index is 3120. The Morgan fingerprint density at radius 1 is 0.431 bits per heavy atom. The Balaban J connectivity index is 0.946. The van der Waals surface area contributed by atoms with Gasteiger partial charge in [0.1, 0.15) is 23.0 Å². The van der Waals surface area contributed by atoms with Gasteiger partial charge in [0.05, 0.1) is 31.1 Å². The number of hydrogen-bond donors (Lipinski definition) is 0. The highest BCUT2D eigenvalue weighted by molar-refractivity contribution is 7.91. The molecule has 0 radical (unpaired) electrons. The molecule has 65 heavy (non-hydrogen) atoms. The fraction of sp³-hybridized carbons (Fsp3) is 0.208. The average Bonchev–Trinajstić information content (AvgIpc) is 3.27. The standard InChI is InChI=1S/C53H52O9S3/c1-37-8-26-47(27-9-37)63(54,55)49-30-22-45(23-31-49)61-43-18-14-41(15-19-43)53(6,7)42-16-20-44(21-17-42)62-46-24-32-50(33-25-46)64(56,57)48-28-12-39(13-29-48)34-40-11-10-38(2)51(35-40)65(58,59)60-36-52(3,4)5/h8-33,35H,34,36H2,1-7H3. The van der Waals surface area contributed by atoms with Crippen molar-refractivity contribution in [3.8, 4) is 23.0 Å². The van der Waals surface area contributed by atoms with Gasteiger partial charge in [-0.1, -0.05) is 101 Å². The van der Waals surface area contributed by atoms with Gasteiger partial charge in [0.2, 0.25) is 19.7 Å². The van der Waals surface area contributed by atoms with Crippen LogP contribution in [0.1, 0.15) is 68.0 Å². The van der Waals surface area contributed by atoms with E-state index in [2.05, 4.69) is 13.8 Å². The molecule has 0 bridgehead atoms. The van der Waals surface area contributed by atoms with E-state index in [1.165, 1.54) is 12.1 Å². The Kier molecular flexibility index (Phi) is 13.3. The second-order valence-corrected chi connectivity index (χ2v) is 23.3. The highest BCUT2D eigenvalue weighted by Crippen LogP contribution is 2.36. The molecule has 7 aromatic rings. The topological polar surface area (TPSA) is 130 Å². The van der Waals surface area contributed by atoms with E-state index in [4.69, 9.17) is 13.7 Å². The third-order valence-electron chi connectivity index (χ3n) is 11.0. The van der Waals surface area contributed by atoms with Gasteiger partial charge < -0.3 is 9.47 Å². The monoisotopic (exact) mass is 928 g/mol. The van der Waals surface area contributed by atoms with Crippen molar-refractivity contribution in [2.24, 2.45) is 5.41 Å². The molecule has 0 saturated heterocycles. The minimum atomic E-state index is -3.95. The van der Waals surface area contributed by atoms with Gasteiger partial charge in [-0.2, -0.15) is 8.42 Å². The predicted molar refractivity (Wildman–Crippen MR) is 253 cm³/mol. The zero-order valence-corrected chi connectivity index (χ0v) is 39.9. The SMILES string of the molecule is Cc1ccc(S(=O)(=O)c2ccc(Oc3ccc(C(C)(C)c4ccc(Oc5ccc(S(=O)(=O)c6ccc(Cc7ccc(C)c(S(=O)(=O)OCC(C)(C)C)c7)cc6)cc5)cc4)cc3)cc2)cc1. The van der Waals surface area contributed by atoms with Crippen LogP contribution < -0.4 is 9.47 Å². The maximum Gasteiger partial charge on any atom is 0.297 e. The Labute approximate surface area is 383 Å². The lowest BCUT2D eigenvalue weighted by molar-refractivity contribution is 0.203. The van der Waals surface area contributed by atoms with Crippen molar-refractivity contribution in [2.75, 3.05) is 6.61 Å². The van der Waals surface area contributed by atoms with Crippen LogP contribution in [0.25, 0.3) is 0 Å². The second kappa shape index (κ2) is 18.4. The summed E-state index contributed by atoms with van der Waals surface area (Å²) in [4.78, 5) is 0.817. The molecule has 0 heterocycles. The normalized spacial score (nSPS) is 12.5. The van der Waals surface area contributed by atoms with E-state index >= 15 is 0 Å². The van der Waals surface area contributed by atoms with E-state index in [1.807, 2.05) is 82.3 Å². The van der Waals surface area contributed by atoms with E-state index in [0.29, 0.717) is 35.0 Å². The summed E-state index contributed by atoms with van der Waals surface area (Å²) in [5.74, 6) is 2.20. The van der Waals surface area contributed by atoms with Gasteiger partial charge >= 0.3 is 0 Å². The van der Waals surface area contributed by atoms with E-state index < -0.39 is 29.8 Å². The van der Waals surface area contributed by atoms with Crippen LogP contribution in [0.15, 0.2) is 188 Å². The molecule has 0 saturated carbocycles. The molecule has 336 valence electrons. The van der Waals surface area contributed by atoms with Crippen LogP contribution in [0.5, 0.6) is 23.0 Å². The van der Waals surface area contributed by atoms with E-state index in [-0.39, 0.29) is 41.9 Å². The van der Waals surface area contributed by atoms with E-state index in [9.17, 15) is 25.3 Å². The smallest absolute Gasteiger partial charge is 0.297 e. The summed E-state index contributed by atoms with van der Waals surface area (Å²) >= 11 is 0. The number of rotatable bonds is 15. The third kappa shape index (κ3) is 11.1. The van der Waals surface area contributed by atoms with Crippen LogP contribution in [-0.4, -0.2) is 31.9 Å². The molecule has 12 heteroatoms. The first-order chi connectivity index (χ1) is 30.6. The predicted octanol–water partition coefficient (Wildman–Crippen LogP) is 12.2. The van der Waals surface area contributed by atoms with E-state index in [0.717, 1.165) is 27.8 Å². The zero-order valence-electron chi connectivity index (χ0n) is 37.4. The molecule has 0 aromatic heterocycles. The fourth-order valence-electron chi connectivity index (χ4n) is 7.05. The number of sulfone groups is 2. The number of aryl methyl sites for hydroxylation is 2. The molecule has 0 unspecified atom stereocenters. The van der Waals surface area contributed by atoms with Gasteiger partial charge in [-0.25, -0.2) is 16.8 Å². The van der Waals surface area contributed by atoms with Crippen LogP contribution in [0.4, 0.5) is 0 Å². The van der Waals surface area contributed by atoms with Crippen molar-refractivity contribution < 1.29 is 38.9 Å². The molecule has 0 amide bonds. The van der Waals surface area contributed by atoms with Crippen molar-refractivity contribution in [3.05, 3.63) is 197 Å². The summed E-state index contributed by atoms with van der Waals surface area (Å²) in [6.07, 6.45) is 0.404. The van der Waals surface area contributed by atoms with Gasteiger partial charge in [0.15, 0.2) is 0 Å². The largest absolute Gasteiger partial charge is 0.457 e. The molecular formula is C53H52O9S3. The molecule has 0 aliphatic heterocycles. The van der Waals surface area contributed by atoms with Gasteiger partial charge in [-0.3, -0.25) is 4.18 Å². The molecule has 0 atom stereocenters. The molecule has 0 spiro atoms. The quantitative estimate of drug-likeness (QED) is 0.0922. The highest BCUT2D eigenvalue weighted by Gasteiger charge is 2.25. The summed E-state index contributed by atoms with van der Waals surface area (Å²) in [6.45, 7) is 13.7. The van der Waals surface area contributed by atoms with Gasteiger partial charge in [-0.15, -0.1) is 0 Å². The summed E-state index contributed by atoms with van der Waals surface area (Å²) in [7, 11) is -11.4. The lowest BCUT2D eigenvalue weighted by atomic mass is 9.78. The van der Waals surface area contributed by atoms with Crippen molar-refractivity contribution in [2.45, 2.75) is 84.8 Å². The molecule has 7 rings (SSSR count). The summed E-state index contributed by atoms with van der Waals surface area (Å²) < 4.78 is 96.8. The van der Waals surface area contributed by atoms with Crippen LogP contribution in [-0.2, 0) is 45.8 Å². The zero-order chi connectivity index (χ0) is 46.8. The Hall–Kier alpha value is -6.05. The first-order valence-electron chi connectivity index (χ1n) is 21.0. The Morgan fingerprint density at radius 3 is 1.18 bits per heavy atom. The summed E-state index contributed by atoms with van der Waals surface area (Å²) in [5.41, 5.74) is 4.57. The molecule has 0 aliphatic rings. The number of benzene rings is 7. The molecule has 0 N–H and O–H groups in total. The molecule has 7 aromatic carbocycles. The fourth-order valence-corrected chi connectivity index (χ4v) is 11.0. The van der Waals surface area contributed by atoms with Gasteiger partial charge in [0, 0.05) is 5.41 Å². The van der Waals surface area contributed by atoms with E-state index in [1.54, 1.807) is 104 Å². The van der Waals surface area contributed by atoms with Crippen LogP contribution in [0.3, 0.4) is 0 Å². The first kappa shape index (κ1) is 46.9. The number of hydrogen-bond acceptors (Lipinski definition) is 9. The second-order valence-electron chi connectivity index (χ2n) is 17.8. The highest BCUT2D eigenvalue weighted by atomic mass is 32.2. The Morgan fingerprint density at radius 2 is 0.785 bits per heavy atom. The van der Waals surface area contributed by atoms with Crippen molar-refractivity contribution in [1.82, 2.24) is 0 Å². The van der Waals surface area contributed by atoms with Gasteiger partial charge in [-0.05, 0) is 157 Å². The lowest BCUT2D eigenvalue weighted by Crippen LogP contribution is -2.19.